The third-order valence-corrected chi connectivity index (χ3v) is 3.26. The number of urea groups is 1. The first-order valence-electron chi connectivity index (χ1n) is 6.09. The number of nitrogens with zero attached hydrogens (tertiary/aromatic N) is 2. The zero-order chi connectivity index (χ0) is 14.6. The molecule has 0 unspecified atom stereocenters. The number of carbonyl (C=O) groups excluding carboxylic acids is 2. The van der Waals surface area contributed by atoms with Gasteiger partial charge in [0.1, 0.15) is 0 Å². The van der Waals surface area contributed by atoms with Crippen molar-refractivity contribution in [2.24, 2.45) is 0 Å². The van der Waals surface area contributed by atoms with E-state index in [0.717, 1.165) is 11.4 Å². The van der Waals surface area contributed by atoms with Gasteiger partial charge >= 0.3 is 6.03 Å². The minimum Gasteiger partial charge on any atom is -0.347 e. The molecule has 0 aliphatic carbocycles. The minimum atomic E-state index is -0.125. The third kappa shape index (κ3) is 3.73. The van der Waals surface area contributed by atoms with E-state index < -0.39 is 0 Å². The quantitative estimate of drug-likeness (QED) is 0.662. The summed E-state index contributed by atoms with van der Waals surface area (Å²) in [6.45, 7) is 4.97. The number of amides is 2. The molecule has 0 radical (unpaired) electrons. The number of carbonyl (C=O) groups is 2. The highest BCUT2D eigenvalue weighted by Crippen LogP contribution is 2.15. The Morgan fingerprint density at radius 2 is 2.00 bits per heavy atom. The first-order valence-corrected chi connectivity index (χ1v) is 6.63. The predicted molar refractivity (Wildman–Crippen MR) is 76.0 cm³/mol. The summed E-state index contributed by atoms with van der Waals surface area (Å²) in [5.41, 5.74) is 2.54. The van der Waals surface area contributed by atoms with Gasteiger partial charge in [-0.3, -0.25) is 4.79 Å². The number of hydrogen-bond donors (Lipinski definition) is 1. The summed E-state index contributed by atoms with van der Waals surface area (Å²) in [7, 11) is 3.39. The molecule has 1 aromatic rings. The molecule has 2 amide bonds. The van der Waals surface area contributed by atoms with E-state index >= 15 is 0 Å². The van der Waals surface area contributed by atoms with E-state index in [1.807, 2.05) is 24.5 Å². The van der Waals surface area contributed by atoms with Crippen molar-refractivity contribution in [1.29, 1.82) is 0 Å². The molecule has 106 valence electrons. The number of nitrogens with one attached hydrogen (secondary N) is 1. The van der Waals surface area contributed by atoms with Crippen LogP contribution in [0.15, 0.2) is 6.07 Å². The number of hydrogen-bond acceptors (Lipinski definition) is 2. The van der Waals surface area contributed by atoms with Gasteiger partial charge in [-0.25, -0.2) is 4.79 Å². The molecule has 1 N–H and O–H groups in total. The van der Waals surface area contributed by atoms with E-state index in [2.05, 4.69) is 5.32 Å². The molecule has 1 rings (SSSR count). The molecule has 1 heterocycles. The van der Waals surface area contributed by atoms with Crippen LogP contribution >= 0.6 is 11.6 Å². The lowest BCUT2D eigenvalue weighted by atomic mass is 10.2. The standard InChI is InChI=1S/C13H20ClN3O2/c1-9-7-11(12(18)8-14)10(2)17(9)6-5-15-13(19)16(3)4/h7H,5-6,8H2,1-4H3,(H,15,19). The summed E-state index contributed by atoms with van der Waals surface area (Å²) in [4.78, 5) is 24.5. The van der Waals surface area contributed by atoms with Crippen molar-refractivity contribution in [3.05, 3.63) is 23.0 Å². The number of aromatic nitrogens is 1. The molecule has 0 aliphatic heterocycles. The normalized spacial score (nSPS) is 10.4. The van der Waals surface area contributed by atoms with Crippen molar-refractivity contribution in [3.8, 4) is 0 Å². The number of Topliss-reactive ketones (excluding diaryl/α,β-unsaturated/α-hetero) is 1. The molecule has 0 saturated carbocycles. The van der Waals surface area contributed by atoms with Crippen LogP contribution in [0.4, 0.5) is 4.79 Å². The molecular weight excluding hydrogens is 266 g/mol. The fraction of sp³-hybridized carbons (Fsp3) is 0.538. The van der Waals surface area contributed by atoms with Crippen molar-refractivity contribution < 1.29 is 9.59 Å². The fourth-order valence-corrected chi connectivity index (χ4v) is 2.08. The minimum absolute atomic E-state index is 0.0122. The van der Waals surface area contributed by atoms with Crippen LogP contribution in [-0.2, 0) is 6.54 Å². The summed E-state index contributed by atoms with van der Waals surface area (Å²) >= 11 is 5.58. The second-order valence-corrected chi connectivity index (χ2v) is 4.89. The van der Waals surface area contributed by atoms with Crippen LogP contribution in [0.25, 0.3) is 0 Å². The van der Waals surface area contributed by atoms with Gasteiger partial charge in [-0.1, -0.05) is 0 Å². The Morgan fingerprint density at radius 1 is 1.37 bits per heavy atom. The first-order chi connectivity index (χ1) is 8.88. The lowest BCUT2D eigenvalue weighted by molar-refractivity contribution is 0.102. The molecule has 19 heavy (non-hydrogen) atoms. The Kier molecular flexibility index (Phi) is 5.42. The molecule has 0 aliphatic rings. The van der Waals surface area contributed by atoms with Crippen LogP contribution in [0.5, 0.6) is 0 Å². The molecule has 1 aromatic heterocycles. The molecule has 0 atom stereocenters. The Labute approximate surface area is 118 Å². The smallest absolute Gasteiger partial charge is 0.316 e. The van der Waals surface area contributed by atoms with Crippen molar-refractivity contribution >= 4 is 23.4 Å². The highest BCUT2D eigenvalue weighted by Gasteiger charge is 2.14. The van der Waals surface area contributed by atoms with Crippen LogP contribution in [0, 0.1) is 13.8 Å². The average Bonchev–Trinajstić information content (AvgIpc) is 2.65. The predicted octanol–water partition coefficient (Wildman–Crippen LogP) is 1.80. The highest BCUT2D eigenvalue weighted by atomic mass is 35.5. The Morgan fingerprint density at radius 3 is 2.53 bits per heavy atom. The first kappa shape index (κ1) is 15.6. The topological polar surface area (TPSA) is 54.3 Å². The lowest BCUT2D eigenvalue weighted by Crippen LogP contribution is -2.36. The molecule has 0 spiro atoms. The SMILES string of the molecule is Cc1cc(C(=O)CCl)c(C)n1CCNC(=O)N(C)C. The monoisotopic (exact) mass is 285 g/mol. The Bertz CT molecular complexity index is 480. The van der Waals surface area contributed by atoms with Gasteiger partial charge in [0.15, 0.2) is 5.78 Å². The maximum absolute atomic E-state index is 11.6. The van der Waals surface area contributed by atoms with Gasteiger partial charge in [-0.05, 0) is 19.9 Å². The molecule has 5 nitrogen and oxygen atoms in total. The number of alkyl halides is 1. The Balaban J connectivity index is 2.72. The van der Waals surface area contributed by atoms with Crippen molar-refractivity contribution in [1.82, 2.24) is 14.8 Å². The van der Waals surface area contributed by atoms with E-state index in [-0.39, 0.29) is 17.7 Å². The summed E-state index contributed by atoms with van der Waals surface area (Å²) in [6, 6.07) is 1.72. The summed E-state index contributed by atoms with van der Waals surface area (Å²) in [5, 5.41) is 2.79. The van der Waals surface area contributed by atoms with Crippen LogP contribution in [0.1, 0.15) is 21.7 Å². The summed E-state index contributed by atoms with van der Waals surface area (Å²) in [6.07, 6.45) is 0. The van der Waals surface area contributed by atoms with Gasteiger partial charge < -0.3 is 14.8 Å². The van der Waals surface area contributed by atoms with Crippen LogP contribution < -0.4 is 5.32 Å². The van der Waals surface area contributed by atoms with Gasteiger partial charge in [0.25, 0.3) is 0 Å². The maximum Gasteiger partial charge on any atom is 0.316 e. The lowest BCUT2D eigenvalue weighted by Gasteiger charge is -2.14. The van der Waals surface area contributed by atoms with Crippen molar-refractivity contribution in [2.75, 3.05) is 26.5 Å². The largest absolute Gasteiger partial charge is 0.347 e. The molecular formula is C13H20ClN3O2. The zero-order valence-electron chi connectivity index (χ0n) is 11.8. The van der Waals surface area contributed by atoms with E-state index in [1.165, 1.54) is 4.90 Å². The van der Waals surface area contributed by atoms with Crippen molar-refractivity contribution in [2.45, 2.75) is 20.4 Å². The Hall–Kier alpha value is -1.49. The van der Waals surface area contributed by atoms with E-state index in [4.69, 9.17) is 11.6 Å². The molecule has 0 bridgehead atoms. The second-order valence-electron chi connectivity index (χ2n) is 4.62. The molecule has 6 heteroatoms. The van der Waals surface area contributed by atoms with Crippen LogP contribution in [0.2, 0.25) is 0 Å². The average molecular weight is 286 g/mol. The van der Waals surface area contributed by atoms with Gasteiger partial charge in [-0.15, -0.1) is 11.6 Å². The van der Waals surface area contributed by atoms with Gasteiger partial charge in [0.2, 0.25) is 0 Å². The van der Waals surface area contributed by atoms with E-state index in [0.29, 0.717) is 18.7 Å². The third-order valence-electron chi connectivity index (χ3n) is 3.01. The van der Waals surface area contributed by atoms with Crippen LogP contribution in [0.3, 0.4) is 0 Å². The maximum atomic E-state index is 11.6. The summed E-state index contributed by atoms with van der Waals surface area (Å²) < 4.78 is 2.01. The second kappa shape index (κ2) is 6.61. The number of aryl methyl sites for hydroxylation is 1. The number of halogens is 1. The highest BCUT2D eigenvalue weighted by molar-refractivity contribution is 6.30. The van der Waals surface area contributed by atoms with Gasteiger partial charge in [0.05, 0.1) is 5.88 Å². The summed E-state index contributed by atoms with van der Waals surface area (Å²) in [5.74, 6) is -0.0832. The van der Waals surface area contributed by atoms with Gasteiger partial charge in [-0.2, -0.15) is 0 Å². The number of ketones is 1. The van der Waals surface area contributed by atoms with Crippen molar-refractivity contribution in [3.63, 3.8) is 0 Å². The zero-order valence-corrected chi connectivity index (χ0v) is 12.5. The van der Waals surface area contributed by atoms with Crippen LogP contribution in [-0.4, -0.2) is 47.8 Å². The fourth-order valence-electron chi connectivity index (χ4n) is 1.93. The van der Waals surface area contributed by atoms with E-state index in [9.17, 15) is 9.59 Å². The van der Waals surface area contributed by atoms with E-state index in [1.54, 1.807) is 14.1 Å². The molecule has 0 saturated heterocycles. The molecule has 0 fully saturated rings. The molecule has 0 aromatic carbocycles. The number of rotatable bonds is 5. The van der Waals surface area contributed by atoms with Gasteiger partial charge in [0, 0.05) is 44.1 Å².